The molecule has 4 nitrogen and oxygen atoms in total. The standard InChI is InChI=1S/C13H9F2NO3/c14-10-6-8(17)2-3-9(10)13(19)16-7-1-4-12(18)11(15)5-7/h1-6,17-18H,(H,16,19). The van der Waals surface area contributed by atoms with E-state index in [2.05, 4.69) is 5.32 Å². The topological polar surface area (TPSA) is 69.6 Å². The van der Waals surface area contributed by atoms with Crippen molar-refractivity contribution in [1.82, 2.24) is 0 Å². The van der Waals surface area contributed by atoms with Crippen molar-refractivity contribution in [3.63, 3.8) is 0 Å². The van der Waals surface area contributed by atoms with E-state index in [1.165, 1.54) is 6.07 Å². The van der Waals surface area contributed by atoms with Crippen LogP contribution in [0.15, 0.2) is 36.4 Å². The summed E-state index contributed by atoms with van der Waals surface area (Å²) >= 11 is 0. The maximum Gasteiger partial charge on any atom is 0.258 e. The minimum Gasteiger partial charge on any atom is -0.508 e. The van der Waals surface area contributed by atoms with Gasteiger partial charge in [0.15, 0.2) is 11.6 Å². The predicted molar refractivity (Wildman–Crippen MR) is 64.1 cm³/mol. The van der Waals surface area contributed by atoms with Crippen LogP contribution in [0.1, 0.15) is 10.4 Å². The van der Waals surface area contributed by atoms with Gasteiger partial charge < -0.3 is 15.5 Å². The number of phenolic OH excluding ortho intramolecular Hbond substituents is 2. The average molecular weight is 265 g/mol. The normalized spacial score (nSPS) is 10.2. The van der Waals surface area contributed by atoms with Crippen molar-refractivity contribution >= 4 is 11.6 Å². The van der Waals surface area contributed by atoms with Crippen LogP contribution in [-0.2, 0) is 0 Å². The van der Waals surface area contributed by atoms with Crippen LogP contribution in [-0.4, -0.2) is 16.1 Å². The second kappa shape index (κ2) is 4.93. The zero-order valence-electron chi connectivity index (χ0n) is 9.52. The Labute approximate surface area is 106 Å². The van der Waals surface area contributed by atoms with E-state index >= 15 is 0 Å². The fourth-order valence-corrected chi connectivity index (χ4v) is 1.47. The molecule has 0 heterocycles. The van der Waals surface area contributed by atoms with E-state index in [4.69, 9.17) is 10.2 Å². The number of nitrogens with one attached hydrogen (secondary N) is 1. The summed E-state index contributed by atoms with van der Waals surface area (Å²) < 4.78 is 26.5. The van der Waals surface area contributed by atoms with E-state index in [1.807, 2.05) is 0 Å². The van der Waals surface area contributed by atoms with Crippen molar-refractivity contribution in [3.8, 4) is 11.5 Å². The zero-order valence-corrected chi connectivity index (χ0v) is 9.52. The van der Waals surface area contributed by atoms with Crippen LogP contribution in [0.4, 0.5) is 14.5 Å². The number of carbonyl (C=O) groups excluding carboxylic acids is 1. The average Bonchev–Trinajstić information content (AvgIpc) is 2.33. The molecule has 0 saturated heterocycles. The summed E-state index contributed by atoms with van der Waals surface area (Å²) in [5.74, 6) is -3.43. The predicted octanol–water partition coefficient (Wildman–Crippen LogP) is 2.63. The van der Waals surface area contributed by atoms with Gasteiger partial charge in [0.25, 0.3) is 5.91 Å². The fourth-order valence-electron chi connectivity index (χ4n) is 1.47. The summed E-state index contributed by atoms with van der Waals surface area (Å²) in [4.78, 5) is 11.7. The second-order valence-corrected chi connectivity index (χ2v) is 3.78. The Kier molecular flexibility index (Phi) is 3.33. The highest BCUT2D eigenvalue weighted by molar-refractivity contribution is 6.04. The van der Waals surface area contributed by atoms with Gasteiger partial charge >= 0.3 is 0 Å². The molecule has 2 rings (SSSR count). The Morgan fingerprint density at radius 3 is 2.37 bits per heavy atom. The first-order valence-electron chi connectivity index (χ1n) is 5.26. The zero-order chi connectivity index (χ0) is 14.0. The Morgan fingerprint density at radius 2 is 1.74 bits per heavy atom. The Bertz CT molecular complexity index is 644. The summed E-state index contributed by atoms with van der Waals surface area (Å²) in [5.41, 5.74) is -0.209. The Morgan fingerprint density at radius 1 is 1.00 bits per heavy atom. The lowest BCUT2D eigenvalue weighted by Crippen LogP contribution is -2.13. The van der Waals surface area contributed by atoms with Crippen LogP contribution in [0.5, 0.6) is 11.5 Å². The van der Waals surface area contributed by atoms with Crippen molar-refractivity contribution in [2.24, 2.45) is 0 Å². The highest BCUT2D eigenvalue weighted by Crippen LogP contribution is 2.21. The van der Waals surface area contributed by atoms with Crippen LogP contribution in [0.25, 0.3) is 0 Å². The van der Waals surface area contributed by atoms with Crippen LogP contribution < -0.4 is 5.32 Å². The number of rotatable bonds is 2. The lowest BCUT2D eigenvalue weighted by molar-refractivity contribution is 0.102. The number of hydrogen-bond donors (Lipinski definition) is 3. The van der Waals surface area contributed by atoms with Crippen LogP contribution >= 0.6 is 0 Å². The minimum atomic E-state index is -0.899. The van der Waals surface area contributed by atoms with Gasteiger partial charge in [-0.3, -0.25) is 4.79 Å². The minimum absolute atomic E-state index is 0.0766. The van der Waals surface area contributed by atoms with Gasteiger partial charge in [-0.25, -0.2) is 8.78 Å². The molecule has 19 heavy (non-hydrogen) atoms. The molecule has 1 amide bonds. The molecule has 0 bridgehead atoms. The molecule has 2 aromatic rings. The molecule has 3 N–H and O–H groups in total. The van der Waals surface area contributed by atoms with Gasteiger partial charge in [-0.1, -0.05) is 0 Å². The monoisotopic (exact) mass is 265 g/mol. The molecule has 0 saturated carbocycles. The number of amides is 1. The number of halogens is 2. The van der Waals surface area contributed by atoms with Crippen molar-refractivity contribution in [2.75, 3.05) is 5.32 Å². The number of aromatic hydroxyl groups is 2. The van der Waals surface area contributed by atoms with Gasteiger partial charge in [-0.2, -0.15) is 0 Å². The summed E-state index contributed by atoms with van der Waals surface area (Å²) in [5, 5.41) is 20.3. The lowest BCUT2D eigenvalue weighted by Gasteiger charge is -2.07. The highest BCUT2D eigenvalue weighted by atomic mass is 19.1. The quantitative estimate of drug-likeness (QED) is 0.731. The molecular weight excluding hydrogens is 256 g/mol. The van der Waals surface area contributed by atoms with Gasteiger partial charge in [0, 0.05) is 17.8 Å². The SMILES string of the molecule is O=C(Nc1ccc(O)c(F)c1)c1ccc(O)cc1F. The maximum absolute atomic E-state index is 13.4. The van der Waals surface area contributed by atoms with Crippen LogP contribution in [0, 0.1) is 11.6 Å². The van der Waals surface area contributed by atoms with Crippen molar-refractivity contribution in [3.05, 3.63) is 53.6 Å². The maximum atomic E-state index is 13.4. The summed E-state index contributed by atoms with van der Waals surface area (Å²) in [6.07, 6.45) is 0. The van der Waals surface area contributed by atoms with Gasteiger partial charge in [-0.15, -0.1) is 0 Å². The van der Waals surface area contributed by atoms with Gasteiger partial charge in [0.1, 0.15) is 11.6 Å². The van der Waals surface area contributed by atoms with E-state index in [1.54, 1.807) is 0 Å². The molecule has 0 spiro atoms. The number of hydrogen-bond acceptors (Lipinski definition) is 3. The van der Waals surface area contributed by atoms with E-state index in [0.717, 1.165) is 30.3 Å². The number of phenols is 2. The molecule has 0 aliphatic rings. The molecule has 6 heteroatoms. The molecule has 2 aromatic carbocycles. The number of benzene rings is 2. The number of anilines is 1. The fraction of sp³-hybridized carbons (Fsp3) is 0. The van der Waals surface area contributed by atoms with E-state index in [9.17, 15) is 13.6 Å². The Balaban J connectivity index is 2.23. The molecule has 0 aliphatic heterocycles. The van der Waals surface area contributed by atoms with Crippen LogP contribution in [0.2, 0.25) is 0 Å². The first-order chi connectivity index (χ1) is 8.97. The first-order valence-corrected chi connectivity index (χ1v) is 5.26. The van der Waals surface area contributed by atoms with E-state index in [-0.39, 0.29) is 17.0 Å². The van der Waals surface area contributed by atoms with Gasteiger partial charge in [-0.05, 0) is 24.3 Å². The summed E-state index contributed by atoms with van der Waals surface area (Å²) in [7, 11) is 0. The first kappa shape index (κ1) is 12.8. The molecule has 0 aromatic heterocycles. The third-order valence-corrected chi connectivity index (χ3v) is 2.40. The summed E-state index contributed by atoms with van der Waals surface area (Å²) in [6.45, 7) is 0. The summed E-state index contributed by atoms with van der Waals surface area (Å²) in [6, 6.07) is 6.32. The molecule has 0 fully saturated rings. The molecular formula is C13H9F2NO3. The Hall–Kier alpha value is -2.63. The largest absolute Gasteiger partial charge is 0.508 e. The number of carbonyl (C=O) groups is 1. The highest BCUT2D eigenvalue weighted by Gasteiger charge is 2.13. The molecule has 0 aliphatic carbocycles. The smallest absolute Gasteiger partial charge is 0.258 e. The van der Waals surface area contributed by atoms with E-state index < -0.39 is 23.3 Å². The van der Waals surface area contributed by atoms with Crippen molar-refractivity contribution < 1.29 is 23.8 Å². The van der Waals surface area contributed by atoms with E-state index in [0.29, 0.717) is 0 Å². The molecule has 98 valence electrons. The van der Waals surface area contributed by atoms with Gasteiger partial charge in [0.05, 0.1) is 5.56 Å². The third kappa shape index (κ3) is 2.79. The lowest BCUT2D eigenvalue weighted by atomic mass is 10.2. The third-order valence-electron chi connectivity index (χ3n) is 2.40. The molecule has 0 unspecified atom stereocenters. The second-order valence-electron chi connectivity index (χ2n) is 3.78. The van der Waals surface area contributed by atoms with Gasteiger partial charge in [0.2, 0.25) is 0 Å². The van der Waals surface area contributed by atoms with Crippen LogP contribution in [0.3, 0.4) is 0 Å². The van der Waals surface area contributed by atoms with Crippen molar-refractivity contribution in [1.29, 1.82) is 0 Å². The van der Waals surface area contributed by atoms with Crippen molar-refractivity contribution in [2.45, 2.75) is 0 Å². The molecule has 0 radical (unpaired) electrons. The molecule has 0 atom stereocenters.